The van der Waals surface area contributed by atoms with E-state index >= 15 is 0 Å². The molecule has 0 bridgehead atoms. The van der Waals surface area contributed by atoms with Gasteiger partial charge < -0.3 is 15.0 Å². The molecule has 0 spiro atoms. The average Bonchev–Trinajstić information content (AvgIpc) is 2.15. The number of nitrogens with one attached hydrogen (secondary N) is 1. The molecule has 1 fully saturated rings. The lowest BCUT2D eigenvalue weighted by Crippen LogP contribution is -2.48. The second kappa shape index (κ2) is 5.19. The van der Waals surface area contributed by atoms with Crippen LogP contribution in [0.25, 0.3) is 0 Å². The molecule has 0 aliphatic carbocycles. The monoisotopic (exact) mass is 186 g/mol. The van der Waals surface area contributed by atoms with E-state index in [0.29, 0.717) is 13.2 Å². The van der Waals surface area contributed by atoms with Crippen LogP contribution < -0.4 is 5.32 Å². The van der Waals surface area contributed by atoms with E-state index in [4.69, 9.17) is 4.74 Å². The van der Waals surface area contributed by atoms with Crippen molar-refractivity contribution in [2.24, 2.45) is 0 Å². The molecule has 4 nitrogen and oxygen atoms in total. The van der Waals surface area contributed by atoms with E-state index in [0.717, 1.165) is 19.5 Å². The highest BCUT2D eigenvalue weighted by Gasteiger charge is 2.23. The quantitative estimate of drug-likeness (QED) is 0.666. The Balaban J connectivity index is 2.41. The number of carbonyl (C=O) groups is 1. The number of carbonyl (C=O) groups excluding carboxylic acids is 1. The molecule has 1 aliphatic heterocycles. The van der Waals surface area contributed by atoms with Gasteiger partial charge in [0.25, 0.3) is 0 Å². The van der Waals surface area contributed by atoms with Gasteiger partial charge in [-0.2, -0.15) is 0 Å². The second-order valence-corrected chi connectivity index (χ2v) is 3.33. The molecule has 76 valence electrons. The minimum Gasteiger partial charge on any atom is -0.377 e. The number of hydrogen-bond acceptors (Lipinski definition) is 3. The van der Waals surface area contributed by atoms with Gasteiger partial charge in [-0.25, -0.2) is 0 Å². The third-order valence-electron chi connectivity index (χ3n) is 2.36. The number of ether oxygens (including phenoxy) is 1. The first-order valence-electron chi connectivity index (χ1n) is 4.75. The fraction of sp³-hybridized carbons (Fsp3) is 0.889. The van der Waals surface area contributed by atoms with E-state index in [2.05, 4.69) is 5.32 Å². The smallest absolute Gasteiger partial charge is 0.219 e. The lowest BCUT2D eigenvalue weighted by molar-refractivity contribution is -0.137. The Kier molecular flexibility index (Phi) is 4.18. The van der Waals surface area contributed by atoms with Crippen molar-refractivity contribution >= 4 is 5.91 Å². The number of amides is 1. The highest BCUT2D eigenvalue weighted by atomic mass is 16.5. The van der Waals surface area contributed by atoms with Crippen LogP contribution in [0.1, 0.15) is 13.3 Å². The molecule has 13 heavy (non-hydrogen) atoms. The zero-order chi connectivity index (χ0) is 9.68. The Bertz CT molecular complexity index is 173. The first kappa shape index (κ1) is 10.5. The molecule has 1 rings (SSSR count). The molecule has 0 radical (unpaired) electrons. The Morgan fingerprint density at radius 1 is 1.69 bits per heavy atom. The largest absolute Gasteiger partial charge is 0.377 e. The molecule has 1 amide bonds. The summed E-state index contributed by atoms with van der Waals surface area (Å²) in [6.45, 7) is 4.65. The van der Waals surface area contributed by atoms with E-state index in [9.17, 15) is 4.79 Å². The molecule has 1 N–H and O–H groups in total. The van der Waals surface area contributed by atoms with Gasteiger partial charge in [-0.1, -0.05) is 0 Å². The highest BCUT2D eigenvalue weighted by molar-refractivity contribution is 5.73. The van der Waals surface area contributed by atoms with Crippen LogP contribution in [-0.2, 0) is 9.53 Å². The Morgan fingerprint density at radius 2 is 2.46 bits per heavy atom. The first-order chi connectivity index (χ1) is 6.25. The Morgan fingerprint density at radius 3 is 3.08 bits per heavy atom. The Hall–Kier alpha value is -0.610. The summed E-state index contributed by atoms with van der Waals surface area (Å²) in [5.41, 5.74) is 0. The van der Waals surface area contributed by atoms with Crippen LogP contribution >= 0.6 is 0 Å². The third-order valence-corrected chi connectivity index (χ3v) is 2.36. The van der Waals surface area contributed by atoms with Crippen LogP contribution in [0, 0.1) is 0 Å². The predicted molar refractivity (Wildman–Crippen MR) is 50.5 cm³/mol. The van der Waals surface area contributed by atoms with Crippen molar-refractivity contribution in [2.45, 2.75) is 19.4 Å². The van der Waals surface area contributed by atoms with Crippen LogP contribution in [0.15, 0.2) is 0 Å². The molecule has 1 heterocycles. The van der Waals surface area contributed by atoms with Gasteiger partial charge in [-0.05, 0) is 20.0 Å². The SMILES string of the molecule is CNCCC1COCCN1C(C)=O. The average molecular weight is 186 g/mol. The lowest BCUT2D eigenvalue weighted by atomic mass is 10.1. The number of morpholine rings is 1. The van der Waals surface area contributed by atoms with Crippen molar-refractivity contribution in [1.82, 2.24) is 10.2 Å². The molecule has 1 atom stereocenters. The van der Waals surface area contributed by atoms with Crippen LogP contribution in [0.5, 0.6) is 0 Å². The number of nitrogens with zero attached hydrogens (tertiary/aromatic N) is 1. The Labute approximate surface area is 79.2 Å². The van der Waals surface area contributed by atoms with E-state index in [-0.39, 0.29) is 11.9 Å². The molecular formula is C9H18N2O2. The summed E-state index contributed by atoms with van der Waals surface area (Å²) < 4.78 is 5.34. The summed E-state index contributed by atoms with van der Waals surface area (Å²) in [5.74, 6) is 0.157. The highest BCUT2D eigenvalue weighted by Crippen LogP contribution is 2.09. The van der Waals surface area contributed by atoms with Crippen molar-refractivity contribution in [3.63, 3.8) is 0 Å². The van der Waals surface area contributed by atoms with E-state index in [1.807, 2.05) is 11.9 Å². The van der Waals surface area contributed by atoms with E-state index in [1.165, 1.54) is 0 Å². The summed E-state index contributed by atoms with van der Waals surface area (Å²) in [6, 6.07) is 0.263. The normalized spacial score (nSPS) is 23.2. The topological polar surface area (TPSA) is 41.6 Å². The van der Waals surface area contributed by atoms with Crippen molar-refractivity contribution in [3.8, 4) is 0 Å². The van der Waals surface area contributed by atoms with Crippen LogP contribution in [-0.4, -0.2) is 50.2 Å². The molecular weight excluding hydrogens is 168 g/mol. The molecule has 0 saturated carbocycles. The van der Waals surface area contributed by atoms with Crippen molar-refractivity contribution in [2.75, 3.05) is 33.4 Å². The first-order valence-corrected chi connectivity index (χ1v) is 4.75. The van der Waals surface area contributed by atoms with E-state index < -0.39 is 0 Å². The fourth-order valence-corrected chi connectivity index (χ4v) is 1.62. The maximum Gasteiger partial charge on any atom is 0.219 e. The van der Waals surface area contributed by atoms with Crippen LogP contribution in [0.2, 0.25) is 0 Å². The predicted octanol–water partition coefficient (Wildman–Crippen LogP) is -0.157. The maximum atomic E-state index is 11.2. The van der Waals surface area contributed by atoms with Crippen molar-refractivity contribution in [3.05, 3.63) is 0 Å². The molecule has 1 unspecified atom stereocenters. The van der Waals surface area contributed by atoms with Gasteiger partial charge in [0.2, 0.25) is 5.91 Å². The standard InChI is InChI=1S/C9H18N2O2/c1-8(12)11-5-6-13-7-9(11)3-4-10-2/h9-10H,3-7H2,1-2H3. The zero-order valence-electron chi connectivity index (χ0n) is 8.38. The lowest BCUT2D eigenvalue weighted by Gasteiger charge is -2.34. The summed E-state index contributed by atoms with van der Waals surface area (Å²) in [5, 5.41) is 3.08. The minimum atomic E-state index is 0.157. The van der Waals surface area contributed by atoms with Gasteiger partial charge in [-0.3, -0.25) is 4.79 Å². The summed E-state index contributed by atoms with van der Waals surface area (Å²) in [4.78, 5) is 13.1. The minimum absolute atomic E-state index is 0.157. The second-order valence-electron chi connectivity index (χ2n) is 3.33. The summed E-state index contributed by atoms with van der Waals surface area (Å²) in [7, 11) is 1.92. The number of rotatable bonds is 3. The van der Waals surface area contributed by atoms with Gasteiger partial charge in [0.05, 0.1) is 19.3 Å². The van der Waals surface area contributed by atoms with Gasteiger partial charge >= 0.3 is 0 Å². The zero-order valence-corrected chi connectivity index (χ0v) is 8.38. The molecule has 1 aliphatic rings. The van der Waals surface area contributed by atoms with Crippen molar-refractivity contribution < 1.29 is 9.53 Å². The maximum absolute atomic E-state index is 11.2. The number of hydrogen-bond donors (Lipinski definition) is 1. The van der Waals surface area contributed by atoms with Gasteiger partial charge in [0.1, 0.15) is 0 Å². The molecule has 4 heteroatoms. The van der Waals surface area contributed by atoms with Crippen LogP contribution in [0.3, 0.4) is 0 Å². The fourth-order valence-electron chi connectivity index (χ4n) is 1.62. The van der Waals surface area contributed by atoms with Gasteiger partial charge in [0.15, 0.2) is 0 Å². The molecule has 0 aromatic heterocycles. The van der Waals surface area contributed by atoms with Crippen molar-refractivity contribution in [1.29, 1.82) is 0 Å². The van der Waals surface area contributed by atoms with Gasteiger partial charge in [0, 0.05) is 13.5 Å². The summed E-state index contributed by atoms with van der Waals surface area (Å²) >= 11 is 0. The van der Waals surface area contributed by atoms with E-state index in [1.54, 1.807) is 6.92 Å². The summed E-state index contributed by atoms with van der Waals surface area (Å²) in [6.07, 6.45) is 0.968. The molecule has 1 saturated heterocycles. The molecule has 0 aromatic carbocycles. The van der Waals surface area contributed by atoms with Gasteiger partial charge in [-0.15, -0.1) is 0 Å². The third kappa shape index (κ3) is 2.97. The molecule has 0 aromatic rings. The van der Waals surface area contributed by atoms with Crippen LogP contribution in [0.4, 0.5) is 0 Å².